The maximum atomic E-state index is 13.5. The van der Waals surface area contributed by atoms with Crippen molar-refractivity contribution in [3.63, 3.8) is 0 Å². The average molecular weight is 287 g/mol. The summed E-state index contributed by atoms with van der Waals surface area (Å²) in [5.41, 5.74) is -1.71. The van der Waals surface area contributed by atoms with Crippen molar-refractivity contribution in [2.24, 2.45) is 5.41 Å². The molecule has 1 fully saturated rings. The first-order valence-corrected chi connectivity index (χ1v) is 5.92. The molecule has 7 heteroatoms. The molecule has 1 aromatic carbocycles. The van der Waals surface area contributed by atoms with Gasteiger partial charge in [0, 0.05) is 13.1 Å². The van der Waals surface area contributed by atoms with Crippen molar-refractivity contribution in [1.29, 1.82) is 0 Å². The Kier molecular flexibility index (Phi) is 3.45. The van der Waals surface area contributed by atoms with Crippen molar-refractivity contribution in [3.8, 4) is 0 Å². The molecule has 0 bridgehead atoms. The third-order valence-corrected chi connectivity index (χ3v) is 3.54. The highest BCUT2D eigenvalue weighted by molar-refractivity contribution is 5.95. The summed E-state index contributed by atoms with van der Waals surface area (Å²) in [6.45, 7) is 1.50. The van der Waals surface area contributed by atoms with Gasteiger partial charge in [-0.05, 0) is 25.5 Å². The third-order valence-electron chi connectivity index (χ3n) is 3.54. The van der Waals surface area contributed by atoms with Gasteiger partial charge in [-0.3, -0.25) is 9.59 Å². The maximum Gasteiger partial charge on any atom is 0.311 e. The number of carboxylic acids is 1. The zero-order valence-electron chi connectivity index (χ0n) is 10.6. The molecular weight excluding hydrogens is 275 g/mol. The van der Waals surface area contributed by atoms with Gasteiger partial charge in [0.05, 0.1) is 11.0 Å². The number of carbonyl (C=O) groups excluding carboxylic acids is 1. The van der Waals surface area contributed by atoms with E-state index in [1.165, 1.54) is 6.92 Å². The lowest BCUT2D eigenvalue weighted by atomic mass is 9.90. The molecule has 0 radical (unpaired) electrons. The summed E-state index contributed by atoms with van der Waals surface area (Å²) in [7, 11) is 0. The van der Waals surface area contributed by atoms with Gasteiger partial charge in [0.25, 0.3) is 5.91 Å². The molecule has 1 amide bonds. The van der Waals surface area contributed by atoms with Crippen molar-refractivity contribution < 1.29 is 27.9 Å². The third kappa shape index (κ3) is 2.23. The quantitative estimate of drug-likeness (QED) is 0.847. The molecule has 0 aromatic heterocycles. The number of likely N-dealkylation sites (tertiary alicyclic amines) is 1. The maximum absolute atomic E-state index is 13.5. The lowest BCUT2D eigenvalue weighted by Crippen LogP contribution is -2.35. The van der Waals surface area contributed by atoms with Crippen molar-refractivity contribution in [2.75, 3.05) is 13.1 Å². The van der Waals surface area contributed by atoms with E-state index >= 15 is 0 Å². The SMILES string of the molecule is CC1(C(=O)O)CCN(C(=O)c2ccc(F)c(F)c2F)C1. The second kappa shape index (κ2) is 4.81. The molecule has 1 saturated heterocycles. The summed E-state index contributed by atoms with van der Waals surface area (Å²) in [4.78, 5) is 24.2. The number of carbonyl (C=O) groups is 2. The van der Waals surface area contributed by atoms with Gasteiger partial charge in [0.1, 0.15) is 0 Å². The van der Waals surface area contributed by atoms with Gasteiger partial charge in [0.2, 0.25) is 0 Å². The molecule has 1 atom stereocenters. The van der Waals surface area contributed by atoms with E-state index in [0.717, 1.165) is 11.0 Å². The molecule has 2 rings (SSSR count). The summed E-state index contributed by atoms with van der Waals surface area (Å²) in [5, 5.41) is 9.06. The molecule has 0 spiro atoms. The van der Waals surface area contributed by atoms with Crippen LogP contribution in [0.1, 0.15) is 23.7 Å². The largest absolute Gasteiger partial charge is 0.481 e. The normalized spacial score (nSPS) is 22.1. The number of amides is 1. The Hall–Kier alpha value is -2.05. The molecule has 0 saturated carbocycles. The van der Waals surface area contributed by atoms with E-state index in [1.54, 1.807) is 0 Å². The lowest BCUT2D eigenvalue weighted by Gasteiger charge is -2.20. The first-order valence-electron chi connectivity index (χ1n) is 5.92. The van der Waals surface area contributed by atoms with Gasteiger partial charge in [0.15, 0.2) is 17.5 Å². The molecule has 1 heterocycles. The van der Waals surface area contributed by atoms with E-state index in [2.05, 4.69) is 0 Å². The Labute approximate surface area is 112 Å². The molecule has 20 heavy (non-hydrogen) atoms. The van der Waals surface area contributed by atoms with Gasteiger partial charge in [-0.25, -0.2) is 13.2 Å². The molecule has 1 aliphatic heterocycles. The van der Waals surface area contributed by atoms with E-state index in [9.17, 15) is 22.8 Å². The average Bonchev–Trinajstić information content (AvgIpc) is 2.80. The summed E-state index contributed by atoms with van der Waals surface area (Å²) in [6.07, 6.45) is 0.222. The molecule has 0 aliphatic carbocycles. The molecule has 1 unspecified atom stereocenters. The molecule has 4 nitrogen and oxygen atoms in total. The Morgan fingerprint density at radius 3 is 2.45 bits per heavy atom. The van der Waals surface area contributed by atoms with Crippen LogP contribution in [0.25, 0.3) is 0 Å². The van der Waals surface area contributed by atoms with E-state index in [4.69, 9.17) is 5.11 Å². The Balaban J connectivity index is 2.26. The number of halogens is 3. The van der Waals surface area contributed by atoms with Crippen LogP contribution in [-0.2, 0) is 4.79 Å². The molecule has 1 N–H and O–H groups in total. The zero-order valence-corrected chi connectivity index (χ0v) is 10.6. The number of hydrogen-bond donors (Lipinski definition) is 1. The zero-order chi connectivity index (χ0) is 15.1. The molecular formula is C13H12F3NO3. The topological polar surface area (TPSA) is 57.6 Å². The summed E-state index contributed by atoms with van der Waals surface area (Å²) in [5.74, 6) is -6.55. The Morgan fingerprint density at radius 1 is 1.25 bits per heavy atom. The number of carboxylic acid groups (broad SMARTS) is 1. The van der Waals surface area contributed by atoms with Gasteiger partial charge in [-0.15, -0.1) is 0 Å². The standard InChI is InChI=1S/C13H12F3NO3/c1-13(12(19)20)4-5-17(6-13)11(18)7-2-3-8(14)10(16)9(7)15/h2-3H,4-6H2,1H3,(H,19,20). The fraction of sp³-hybridized carbons (Fsp3) is 0.385. The fourth-order valence-corrected chi connectivity index (χ4v) is 2.17. The summed E-state index contributed by atoms with van der Waals surface area (Å²) in [6, 6.07) is 1.52. The van der Waals surface area contributed by atoms with E-state index < -0.39 is 40.3 Å². The van der Waals surface area contributed by atoms with Gasteiger partial charge in [-0.2, -0.15) is 0 Å². The molecule has 1 aromatic rings. The lowest BCUT2D eigenvalue weighted by molar-refractivity contribution is -0.147. The predicted octanol–water partition coefficient (Wildman–Crippen LogP) is 2.04. The summed E-state index contributed by atoms with van der Waals surface area (Å²) < 4.78 is 39.5. The first-order chi connectivity index (χ1) is 9.26. The number of nitrogens with zero attached hydrogens (tertiary/aromatic N) is 1. The fourth-order valence-electron chi connectivity index (χ4n) is 2.17. The van der Waals surface area contributed by atoms with Crippen LogP contribution in [0.3, 0.4) is 0 Å². The van der Waals surface area contributed by atoms with Crippen LogP contribution in [0.5, 0.6) is 0 Å². The van der Waals surface area contributed by atoms with Crippen molar-refractivity contribution in [3.05, 3.63) is 35.1 Å². The minimum Gasteiger partial charge on any atom is -0.481 e. The van der Waals surface area contributed by atoms with Crippen molar-refractivity contribution >= 4 is 11.9 Å². The number of aliphatic carboxylic acids is 1. The van der Waals surface area contributed by atoms with E-state index in [-0.39, 0.29) is 19.5 Å². The second-order valence-corrected chi connectivity index (χ2v) is 5.07. The van der Waals surface area contributed by atoms with Crippen LogP contribution in [0.4, 0.5) is 13.2 Å². The van der Waals surface area contributed by atoms with Crippen LogP contribution >= 0.6 is 0 Å². The van der Waals surface area contributed by atoms with Gasteiger partial charge >= 0.3 is 5.97 Å². The number of benzene rings is 1. The Bertz CT molecular complexity index is 590. The smallest absolute Gasteiger partial charge is 0.311 e. The van der Waals surface area contributed by atoms with E-state index in [0.29, 0.717) is 6.07 Å². The second-order valence-electron chi connectivity index (χ2n) is 5.07. The summed E-state index contributed by atoms with van der Waals surface area (Å²) >= 11 is 0. The van der Waals surface area contributed by atoms with E-state index in [1.807, 2.05) is 0 Å². The number of hydrogen-bond acceptors (Lipinski definition) is 2. The predicted molar refractivity (Wildman–Crippen MR) is 62.6 cm³/mol. The number of rotatable bonds is 2. The van der Waals surface area contributed by atoms with Crippen LogP contribution in [0, 0.1) is 22.9 Å². The van der Waals surface area contributed by atoms with Gasteiger partial charge < -0.3 is 10.0 Å². The molecule has 108 valence electrons. The van der Waals surface area contributed by atoms with Crippen LogP contribution < -0.4 is 0 Å². The molecule has 1 aliphatic rings. The van der Waals surface area contributed by atoms with Crippen molar-refractivity contribution in [2.45, 2.75) is 13.3 Å². The Morgan fingerprint density at radius 2 is 1.90 bits per heavy atom. The van der Waals surface area contributed by atoms with Crippen LogP contribution in [0.2, 0.25) is 0 Å². The highest BCUT2D eigenvalue weighted by atomic mass is 19.2. The highest BCUT2D eigenvalue weighted by Gasteiger charge is 2.42. The van der Waals surface area contributed by atoms with Crippen LogP contribution in [-0.4, -0.2) is 35.0 Å². The minimum atomic E-state index is -1.71. The minimum absolute atomic E-state index is 0.0976. The first kappa shape index (κ1) is 14.4. The van der Waals surface area contributed by atoms with Crippen LogP contribution in [0.15, 0.2) is 12.1 Å². The highest BCUT2D eigenvalue weighted by Crippen LogP contribution is 2.31. The van der Waals surface area contributed by atoms with Crippen molar-refractivity contribution in [1.82, 2.24) is 4.90 Å². The van der Waals surface area contributed by atoms with Gasteiger partial charge in [-0.1, -0.05) is 0 Å². The monoisotopic (exact) mass is 287 g/mol.